The number of nitrogens with one attached hydrogen (secondary N) is 1. The van der Waals surface area contributed by atoms with Crippen LogP contribution in [-0.2, 0) is 0 Å². The summed E-state index contributed by atoms with van der Waals surface area (Å²) < 4.78 is 5.40. The number of thiazole rings is 1. The fourth-order valence-electron chi connectivity index (χ4n) is 2.05. The molecule has 2 unspecified atom stereocenters. The van der Waals surface area contributed by atoms with E-state index < -0.39 is 0 Å². The lowest BCUT2D eigenvalue weighted by atomic mass is 9.89. The highest BCUT2D eigenvalue weighted by molar-refractivity contribution is 7.07. The average Bonchev–Trinajstić information content (AvgIpc) is 2.98. The molecular formula is C12H18N4OS. The van der Waals surface area contributed by atoms with Gasteiger partial charge in [-0.15, -0.1) is 11.3 Å². The monoisotopic (exact) mass is 266 g/mol. The van der Waals surface area contributed by atoms with Crippen LogP contribution in [0.3, 0.4) is 0 Å². The van der Waals surface area contributed by atoms with Crippen LogP contribution in [0, 0.1) is 5.92 Å². The second-order valence-corrected chi connectivity index (χ2v) is 5.40. The van der Waals surface area contributed by atoms with Crippen molar-refractivity contribution in [2.24, 2.45) is 5.92 Å². The number of likely N-dealkylation sites (N-methyl/N-ethyl adjacent to an activating group) is 1. The summed E-state index contributed by atoms with van der Waals surface area (Å²) in [7, 11) is 1.94. The molecule has 0 bridgehead atoms. The third-order valence-corrected chi connectivity index (χ3v) is 3.69. The highest BCUT2D eigenvalue weighted by atomic mass is 32.1. The minimum Gasteiger partial charge on any atom is -0.339 e. The standard InChI is InChI=1S/C12H18N4OS/c1-7(2)10(8(3)13-4)12-15-11(16-17-12)9-5-18-6-14-9/h5-8,10,13H,1-4H3. The predicted octanol–water partition coefficient (Wildman–Crippen LogP) is 2.54. The Morgan fingerprint density at radius 1 is 1.33 bits per heavy atom. The summed E-state index contributed by atoms with van der Waals surface area (Å²) in [5.41, 5.74) is 2.54. The minimum atomic E-state index is 0.204. The maximum Gasteiger partial charge on any atom is 0.231 e. The lowest BCUT2D eigenvalue weighted by Gasteiger charge is -2.23. The highest BCUT2D eigenvalue weighted by Crippen LogP contribution is 2.28. The van der Waals surface area contributed by atoms with E-state index in [0.29, 0.717) is 17.6 Å². The van der Waals surface area contributed by atoms with Crippen molar-refractivity contribution >= 4 is 11.3 Å². The summed E-state index contributed by atoms with van der Waals surface area (Å²) in [6.07, 6.45) is 0. The van der Waals surface area contributed by atoms with E-state index in [-0.39, 0.29) is 12.0 Å². The molecule has 0 aliphatic heterocycles. The van der Waals surface area contributed by atoms with Crippen molar-refractivity contribution in [1.29, 1.82) is 0 Å². The Hall–Kier alpha value is -1.27. The summed E-state index contributed by atoms with van der Waals surface area (Å²) in [4.78, 5) is 8.66. The largest absolute Gasteiger partial charge is 0.339 e. The Balaban J connectivity index is 2.27. The van der Waals surface area contributed by atoms with Crippen molar-refractivity contribution in [3.05, 3.63) is 16.8 Å². The van der Waals surface area contributed by atoms with Gasteiger partial charge in [0, 0.05) is 11.4 Å². The van der Waals surface area contributed by atoms with Crippen molar-refractivity contribution < 1.29 is 4.52 Å². The number of hydrogen-bond donors (Lipinski definition) is 1. The molecule has 0 amide bonds. The van der Waals surface area contributed by atoms with E-state index >= 15 is 0 Å². The SMILES string of the molecule is CNC(C)C(c1nc(-c2cscn2)no1)C(C)C. The summed E-state index contributed by atoms with van der Waals surface area (Å²) >= 11 is 1.52. The van der Waals surface area contributed by atoms with Gasteiger partial charge in [0.1, 0.15) is 5.69 Å². The Morgan fingerprint density at radius 3 is 2.67 bits per heavy atom. The first-order valence-corrected chi connectivity index (χ1v) is 6.97. The molecule has 18 heavy (non-hydrogen) atoms. The lowest BCUT2D eigenvalue weighted by Crippen LogP contribution is -2.32. The molecule has 0 aliphatic carbocycles. The third kappa shape index (κ3) is 2.59. The summed E-state index contributed by atoms with van der Waals surface area (Å²) in [5.74, 6) is 1.88. The summed E-state index contributed by atoms with van der Waals surface area (Å²) in [6.45, 7) is 6.44. The van der Waals surface area contributed by atoms with Crippen LogP contribution in [0.2, 0.25) is 0 Å². The fraction of sp³-hybridized carbons (Fsp3) is 0.583. The smallest absolute Gasteiger partial charge is 0.231 e. The highest BCUT2D eigenvalue weighted by Gasteiger charge is 2.27. The van der Waals surface area contributed by atoms with Crippen LogP contribution in [0.1, 0.15) is 32.6 Å². The zero-order chi connectivity index (χ0) is 13.1. The molecule has 2 rings (SSSR count). The van der Waals surface area contributed by atoms with Crippen LogP contribution < -0.4 is 5.32 Å². The first kappa shape index (κ1) is 13.2. The molecule has 98 valence electrons. The van der Waals surface area contributed by atoms with Gasteiger partial charge in [-0.2, -0.15) is 4.98 Å². The van der Waals surface area contributed by atoms with Crippen molar-refractivity contribution in [3.63, 3.8) is 0 Å². The molecule has 2 atom stereocenters. The van der Waals surface area contributed by atoms with Crippen molar-refractivity contribution in [2.45, 2.75) is 32.7 Å². The summed E-state index contributed by atoms with van der Waals surface area (Å²) in [6, 6.07) is 0.286. The molecule has 2 heterocycles. The second kappa shape index (κ2) is 5.58. The number of rotatable bonds is 5. The quantitative estimate of drug-likeness (QED) is 0.901. The van der Waals surface area contributed by atoms with Gasteiger partial charge >= 0.3 is 0 Å². The predicted molar refractivity (Wildman–Crippen MR) is 71.5 cm³/mol. The number of hydrogen-bond acceptors (Lipinski definition) is 6. The Kier molecular flexibility index (Phi) is 4.08. The molecule has 0 saturated carbocycles. The van der Waals surface area contributed by atoms with E-state index in [1.807, 2.05) is 12.4 Å². The van der Waals surface area contributed by atoms with E-state index in [0.717, 1.165) is 5.69 Å². The first-order valence-electron chi connectivity index (χ1n) is 6.03. The molecule has 0 saturated heterocycles. The van der Waals surface area contributed by atoms with Crippen molar-refractivity contribution in [2.75, 3.05) is 7.05 Å². The van der Waals surface area contributed by atoms with Gasteiger partial charge in [-0.05, 0) is 19.9 Å². The molecule has 2 aromatic rings. The van der Waals surface area contributed by atoms with Gasteiger partial charge in [0.15, 0.2) is 0 Å². The fourth-order valence-corrected chi connectivity index (χ4v) is 2.58. The number of aromatic nitrogens is 3. The van der Waals surface area contributed by atoms with Crippen LogP contribution in [0.25, 0.3) is 11.5 Å². The number of nitrogens with zero attached hydrogens (tertiary/aromatic N) is 3. The average molecular weight is 266 g/mol. The molecule has 1 N–H and O–H groups in total. The molecule has 0 radical (unpaired) electrons. The van der Waals surface area contributed by atoms with E-state index in [4.69, 9.17) is 4.52 Å². The molecular weight excluding hydrogens is 248 g/mol. The van der Waals surface area contributed by atoms with Gasteiger partial charge in [-0.25, -0.2) is 4.98 Å². The van der Waals surface area contributed by atoms with Crippen molar-refractivity contribution in [3.8, 4) is 11.5 Å². The lowest BCUT2D eigenvalue weighted by molar-refractivity contribution is 0.286. The zero-order valence-corrected chi connectivity index (χ0v) is 11.9. The van der Waals surface area contributed by atoms with Gasteiger partial charge in [0.2, 0.25) is 11.7 Å². The Labute approximate surface area is 111 Å². The second-order valence-electron chi connectivity index (χ2n) is 4.68. The summed E-state index contributed by atoms with van der Waals surface area (Å²) in [5, 5.41) is 9.17. The Morgan fingerprint density at radius 2 is 2.11 bits per heavy atom. The molecule has 0 fully saturated rings. The molecule has 0 spiro atoms. The van der Waals surface area contributed by atoms with Gasteiger partial charge in [-0.1, -0.05) is 19.0 Å². The Bertz CT molecular complexity index is 480. The van der Waals surface area contributed by atoms with E-state index in [1.54, 1.807) is 5.51 Å². The first-order chi connectivity index (χ1) is 8.63. The maximum absolute atomic E-state index is 5.40. The molecule has 6 heteroatoms. The topological polar surface area (TPSA) is 63.8 Å². The third-order valence-electron chi connectivity index (χ3n) is 3.10. The van der Waals surface area contributed by atoms with Gasteiger partial charge in [0.25, 0.3) is 0 Å². The molecule has 0 aromatic carbocycles. The van der Waals surface area contributed by atoms with Gasteiger partial charge in [-0.3, -0.25) is 0 Å². The minimum absolute atomic E-state index is 0.204. The van der Waals surface area contributed by atoms with E-state index in [1.165, 1.54) is 11.3 Å². The maximum atomic E-state index is 5.40. The van der Waals surface area contributed by atoms with Crippen LogP contribution in [0.5, 0.6) is 0 Å². The normalized spacial score (nSPS) is 14.9. The zero-order valence-electron chi connectivity index (χ0n) is 11.0. The molecule has 5 nitrogen and oxygen atoms in total. The van der Waals surface area contributed by atoms with Crippen LogP contribution in [0.15, 0.2) is 15.4 Å². The van der Waals surface area contributed by atoms with E-state index in [9.17, 15) is 0 Å². The molecule has 0 aliphatic rings. The van der Waals surface area contributed by atoms with Gasteiger partial charge in [0.05, 0.1) is 11.4 Å². The molecule has 2 aromatic heterocycles. The van der Waals surface area contributed by atoms with E-state index in [2.05, 4.69) is 41.2 Å². The van der Waals surface area contributed by atoms with Crippen molar-refractivity contribution in [1.82, 2.24) is 20.4 Å². The van der Waals surface area contributed by atoms with Gasteiger partial charge < -0.3 is 9.84 Å². The van der Waals surface area contributed by atoms with Crippen LogP contribution in [-0.4, -0.2) is 28.2 Å². The van der Waals surface area contributed by atoms with Crippen LogP contribution in [0.4, 0.5) is 0 Å². The van der Waals surface area contributed by atoms with Crippen LogP contribution >= 0.6 is 11.3 Å².